The van der Waals surface area contributed by atoms with E-state index in [2.05, 4.69) is 23.6 Å². The number of piperidine rings is 1. The molecule has 0 aliphatic carbocycles. The molecule has 0 spiro atoms. The second-order valence-electron chi connectivity index (χ2n) is 6.72. The van der Waals surface area contributed by atoms with Crippen molar-refractivity contribution in [1.29, 1.82) is 0 Å². The number of nitrogens with zero attached hydrogens (tertiary/aromatic N) is 2. The van der Waals surface area contributed by atoms with Crippen molar-refractivity contribution in [3.8, 4) is 0 Å². The fourth-order valence-electron chi connectivity index (χ4n) is 3.46. The first-order valence-electron chi connectivity index (χ1n) is 8.26. The van der Waals surface area contributed by atoms with E-state index in [0.29, 0.717) is 0 Å². The number of hydrogen-bond acceptors (Lipinski definition) is 3. The Kier molecular flexibility index (Phi) is 6.62. The monoisotopic (exact) mass is 268 g/mol. The molecule has 112 valence electrons. The summed E-state index contributed by atoms with van der Waals surface area (Å²) in [5.74, 6) is 1.87. The van der Waals surface area contributed by atoms with E-state index in [1.165, 1.54) is 51.9 Å². The van der Waals surface area contributed by atoms with E-state index in [-0.39, 0.29) is 0 Å². The zero-order valence-corrected chi connectivity index (χ0v) is 12.9. The van der Waals surface area contributed by atoms with E-state index in [0.717, 1.165) is 38.1 Å². The summed E-state index contributed by atoms with van der Waals surface area (Å²) in [7, 11) is 0. The summed E-state index contributed by atoms with van der Waals surface area (Å²) in [6.07, 6.45) is 5.61. The highest BCUT2D eigenvalue weighted by molar-refractivity contribution is 4.73. The molecule has 0 N–H and O–H groups in total. The third-order valence-electron chi connectivity index (χ3n) is 4.56. The Hall–Kier alpha value is -0.120. The van der Waals surface area contributed by atoms with Gasteiger partial charge in [0.05, 0.1) is 13.2 Å². The molecular weight excluding hydrogens is 236 g/mol. The summed E-state index contributed by atoms with van der Waals surface area (Å²) >= 11 is 0. The van der Waals surface area contributed by atoms with Crippen molar-refractivity contribution in [3.05, 3.63) is 0 Å². The van der Waals surface area contributed by atoms with Crippen LogP contribution in [0.3, 0.4) is 0 Å². The molecule has 0 unspecified atom stereocenters. The fourth-order valence-corrected chi connectivity index (χ4v) is 3.46. The molecule has 3 nitrogen and oxygen atoms in total. The molecule has 0 aromatic heterocycles. The van der Waals surface area contributed by atoms with Crippen molar-refractivity contribution in [2.75, 3.05) is 52.5 Å². The number of morpholine rings is 1. The fraction of sp³-hybridized carbons (Fsp3) is 1.00. The van der Waals surface area contributed by atoms with Gasteiger partial charge in [-0.05, 0) is 63.7 Å². The van der Waals surface area contributed by atoms with E-state index < -0.39 is 0 Å². The summed E-state index contributed by atoms with van der Waals surface area (Å²) in [4.78, 5) is 5.23. The zero-order chi connectivity index (χ0) is 13.5. The third kappa shape index (κ3) is 5.80. The van der Waals surface area contributed by atoms with E-state index in [9.17, 15) is 0 Å². The number of hydrogen-bond donors (Lipinski definition) is 0. The minimum Gasteiger partial charge on any atom is -0.379 e. The van der Waals surface area contributed by atoms with Crippen LogP contribution in [0, 0.1) is 11.8 Å². The smallest absolute Gasteiger partial charge is 0.0594 e. The predicted molar refractivity (Wildman–Crippen MR) is 80.5 cm³/mol. The Morgan fingerprint density at radius 3 is 2.11 bits per heavy atom. The van der Waals surface area contributed by atoms with Crippen molar-refractivity contribution in [1.82, 2.24) is 9.80 Å². The van der Waals surface area contributed by atoms with Gasteiger partial charge in [0.15, 0.2) is 0 Å². The van der Waals surface area contributed by atoms with Crippen LogP contribution in [0.2, 0.25) is 0 Å². The van der Waals surface area contributed by atoms with Gasteiger partial charge in [-0.15, -0.1) is 0 Å². The largest absolute Gasteiger partial charge is 0.379 e. The first-order chi connectivity index (χ1) is 9.24. The lowest BCUT2D eigenvalue weighted by Crippen LogP contribution is -2.39. The maximum absolute atomic E-state index is 5.39. The molecule has 2 fully saturated rings. The third-order valence-corrected chi connectivity index (χ3v) is 4.56. The summed E-state index contributed by atoms with van der Waals surface area (Å²) < 4.78 is 5.39. The Morgan fingerprint density at radius 2 is 1.53 bits per heavy atom. The van der Waals surface area contributed by atoms with Gasteiger partial charge in [-0.3, -0.25) is 4.90 Å². The minimum absolute atomic E-state index is 0.873. The second-order valence-corrected chi connectivity index (χ2v) is 6.72. The van der Waals surface area contributed by atoms with Crippen molar-refractivity contribution in [3.63, 3.8) is 0 Å². The molecule has 2 aliphatic rings. The standard InChI is InChI=1S/C16H32N2O/c1-15(2)14-16-4-8-17(9-5-16)6-3-7-18-10-12-19-13-11-18/h15-16H,3-14H2,1-2H3. The van der Waals surface area contributed by atoms with Gasteiger partial charge in [-0.1, -0.05) is 13.8 Å². The van der Waals surface area contributed by atoms with Gasteiger partial charge < -0.3 is 9.64 Å². The highest BCUT2D eigenvalue weighted by atomic mass is 16.5. The van der Waals surface area contributed by atoms with Crippen LogP contribution in [0.1, 0.15) is 39.5 Å². The molecule has 3 heteroatoms. The highest BCUT2D eigenvalue weighted by Crippen LogP contribution is 2.23. The molecule has 19 heavy (non-hydrogen) atoms. The Bertz CT molecular complexity index is 231. The number of likely N-dealkylation sites (tertiary alicyclic amines) is 1. The number of rotatable bonds is 6. The zero-order valence-electron chi connectivity index (χ0n) is 12.9. The molecule has 2 saturated heterocycles. The van der Waals surface area contributed by atoms with Gasteiger partial charge in [-0.2, -0.15) is 0 Å². The molecule has 0 saturated carbocycles. The molecule has 2 aliphatic heterocycles. The first-order valence-corrected chi connectivity index (χ1v) is 8.26. The average Bonchev–Trinajstić information content (AvgIpc) is 2.41. The van der Waals surface area contributed by atoms with E-state index in [4.69, 9.17) is 4.74 Å². The SMILES string of the molecule is CC(C)CC1CCN(CCCN2CCOCC2)CC1. The molecule has 0 aromatic carbocycles. The second kappa shape index (κ2) is 8.23. The van der Waals surface area contributed by atoms with Crippen LogP contribution in [0.15, 0.2) is 0 Å². The van der Waals surface area contributed by atoms with Crippen LogP contribution >= 0.6 is 0 Å². The Labute approximate surface area is 119 Å². The molecule has 0 radical (unpaired) electrons. The van der Waals surface area contributed by atoms with Gasteiger partial charge in [0.1, 0.15) is 0 Å². The molecule has 0 atom stereocenters. The van der Waals surface area contributed by atoms with E-state index in [1.54, 1.807) is 0 Å². The van der Waals surface area contributed by atoms with Gasteiger partial charge in [0.25, 0.3) is 0 Å². The summed E-state index contributed by atoms with van der Waals surface area (Å²) in [5, 5.41) is 0. The van der Waals surface area contributed by atoms with Crippen LogP contribution in [-0.2, 0) is 4.74 Å². The molecule has 2 heterocycles. The van der Waals surface area contributed by atoms with E-state index >= 15 is 0 Å². The summed E-state index contributed by atoms with van der Waals surface area (Å²) in [6, 6.07) is 0. The molecule has 2 rings (SSSR count). The predicted octanol–water partition coefficient (Wildman–Crippen LogP) is 2.47. The summed E-state index contributed by atoms with van der Waals surface area (Å²) in [6.45, 7) is 14.1. The van der Waals surface area contributed by atoms with Crippen LogP contribution in [-0.4, -0.2) is 62.3 Å². The van der Waals surface area contributed by atoms with Crippen LogP contribution in [0.4, 0.5) is 0 Å². The highest BCUT2D eigenvalue weighted by Gasteiger charge is 2.19. The molecule has 0 bridgehead atoms. The lowest BCUT2D eigenvalue weighted by molar-refractivity contribution is 0.0355. The van der Waals surface area contributed by atoms with Gasteiger partial charge >= 0.3 is 0 Å². The Morgan fingerprint density at radius 1 is 0.947 bits per heavy atom. The van der Waals surface area contributed by atoms with Crippen molar-refractivity contribution >= 4 is 0 Å². The van der Waals surface area contributed by atoms with Crippen molar-refractivity contribution < 1.29 is 4.74 Å². The van der Waals surface area contributed by atoms with Crippen LogP contribution < -0.4 is 0 Å². The van der Waals surface area contributed by atoms with Crippen LogP contribution in [0.25, 0.3) is 0 Å². The lowest BCUT2D eigenvalue weighted by atomic mass is 9.88. The first kappa shape index (κ1) is 15.3. The van der Waals surface area contributed by atoms with Gasteiger partial charge in [0.2, 0.25) is 0 Å². The van der Waals surface area contributed by atoms with Crippen LogP contribution in [0.5, 0.6) is 0 Å². The number of ether oxygens (including phenoxy) is 1. The molecule has 0 aromatic rings. The minimum atomic E-state index is 0.873. The quantitative estimate of drug-likeness (QED) is 0.736. The Balaban J connectivity index is 1.53. The van der Waals surface area contributed by atoms with Gasteiger partial charge in [-0.25, -0.2) is 0 Å². The van der Waals surface area contributed by atoms with E-state index in [1.807, 2.05) is 0 Å². The topological polar surface area (TPSA) is 15.7 Å². The normalized spacial score (nSPS) is 24.2. The molecular formula is C16H32N2O. The average molecular weight is 268 g/mol. The van der Waals surface area contributed by atoms with Crippen molar-refractivity contribution in [2.24, 2.45) is 11.8 Å². The molecule has 0 amide bonds. The maximum Gasteiger partial charge on any atom is 0.0594 e. The van der Waals surface area contributed by atoms with Crippen molar-refractivity contribution in [2.45, 2.75) is 39.5 Å². The summed E-state index contributed by atoms with van der Waals surface area (Å²) in [5.41, 5.74) is 0. The van der Waals surface area contributed by atoms with Gasteiger partial charge in [0, 0.05) is 13.1 Å². The lowest BCUT2D eigenvalue weighted by Gasteiger charge is -2.33. The maximum atomic E-state index is 5.39.